The monoisotopic (exact) mass is 215 g/mol. The van der Waals surface area contributed by atoms with E-state index in [9.17, 15) is 9.59 Å². The molecule has 2 rings (SSSR count). The third-order valence-corrected chi connectivity index (χ3v) is 2.79. The quantitative estimate of drug-likeness (QED) is 0.559. The molecule has 0 N–H and O–H groups in total. The number of imide groups is 1. The van der Waals surface area contributed by atoms with Crippen molar-refractivity contribution >= 4 is 17.9 Å². The molecule has 0 aromatic heterocycles. The maximum absolute atomic E-state index is 11.9. The summed E-state index contributed by atoms with van der Waals surface area (Å²) in [5, 5.41) is 0. The number of likely N-dealkylation sites (tertiary alicyclic amines) is 1. The maximum Gasteiger partial charge on any atom is 0.260 e. The lowest BCUT2D eigenvalue weighted by atomic mass is 10.0. The van der Waals surface area contributed by atoms with Crippen LogP contribution in [-0.4, -0.2) is 22.8 Å². The molecule has 1 aliphatic rings. The molecule has 1 heterocycles. The standard InChI is InChI=1S/C13H13NO2/c1-3-10-4-6-11(7-5-10)13(16)14-9(2)8-12(14)15/h3-7,9H,1,8H2,2H3. The summed E-state index contributed by atoms with van der Waals surface area (Å²) in [6.07, 6.45) is 2.18. The fourth-order valence-electron chi connectivity index (χ4n) is 1.79. The van der Waals surface area contributed by atoms with Gasteiger partial charge in [-0.3, -0.25) is 14.5 Å². The van der Waals surface area contributed by atoms with Crippen molar-refractivity contribution in [3.8, 4) is 0 Å². The normalized spacial score (nSPS) is 19.2. The summed E-state index contributed by atoms with van der Waals surface area (Å²) in [5.74, 6) is -0.301. The highest BCUT2D eigenvalue weighted by atomic mass is 16.2. The van der Waals surface area contributed by atoms with Gasteiger partial charge in [0.25, 0.3) is 5.91 Å². The van der Waals surface area contributed by atoms with Gasteiger partial charge in [0.05, 0.1) is 0 Å². The van der Waals surface area contributed by atoms with Crippen LogP contribution < -0.4 is 0 Å². The Labute approximate surface area is 94.4 Å². The topological polar surface area (TPSA) is 37.4 Å². The van der Waals surface area contributed by atoms with Crippen LogP contribution in [0.2, 0.25) is 0 Å². The van der Waals surface area contributed by atoms with Crippen molar-refractivity contribution in [3.63, 3.8) is 0 Å². The van der Waals surface area contributed by atoms with Gasteiger partial charge in [0.1, 0.15) is 0 Å². The lowest BCUT2D eigenvalue weighted by Crippen LogP contribution is -2.54. The summed E-state index contributed by atoms with van der Waals surface area (Å²) >= 11 is 0. The van der Waals surface area contributed by atoms with Crippen LogP contribution in [0.5, 0.6) is 0 Å². The van der Waals surface area contributed by atoms with E-state index in [1.165, 1.54) is 4.90 Å². The van der Waals surface area contributed by atoms with E-state index in [1.807, 2.05) is 19.1 Å². The third kappa shape index (κ3) is 1.65. The van der Waals surface area contributed by atoms with Crippen molar-refractivity contribution in [2.24, 2.45) is 0 Å². The molecule has 0 bridgehead atoms. The summed E-state index contributed by atoms with van der Waals surface area (Å²) in [6, 6.07) is 7.10. The Balaban J connectivity index is 2.20. The Kier molecular flexibility index (Phi) is 2.60. The molecule has 1 aromatic rings. The van der Waals surface area contributed by atoms with Gasteiger partial charge < -0.3 is 0 Å². The molecular weight excluding hydrogens is 202 g/mol. The molecule has 1 aromatic carbocycles. The zero-order valence-electron chi connectivity index (χ0n) is 9.14. The average molecular weight is 215 g/mol. The summed E-state index contributed by atoms with van der Waals surface area (Å²) < 4.78 is 0. The van der Waals surface area contributed by atoms with E-state index in [4.69, 9.17) is 0 Å². The van der Waals surface area contributed by atoms with Crippen molar-refractivity contribution in [1.82, 2.24) is 4.90 Å². The van der Waals surface area contributed by atoms with Crippen LogP contribution in [-0.2, 0) is 4.79 Å². The molecule has 0 radical (unpaired) electrons. The Bertz CT molecular complexity index is 448. The average Bonchev–Trinajstić information content (AvgIpc) is 2.28. The second-order valence-corrected chi connectivity index (χ2v) is 3.95. The fourth-order valence-corrected chi connectivity index (χ4v) is 1.79. The van der Waals surface area contributed by atoms with Crippen LogP contribution in [0, 0.1) is 0 Å². The van der Waals surface area contributed by atoms with Crippen LogP contribution in [0.25, 0.3) is 6.08 Å². The summed E-state index contributed by atoms with van der Waals surface area (Å²) in [5.41, 5.74) is 1.50. The first-order valence-corrected chi connectivity index (χ1v) is 5.22. The predicted octanol–water partition coefficient (Wildman–Crippen LogP) is 2.09. The van der Waals surface area contributed by atoms with E-state index < -0.39 is 0 Å². The van der Waals surface area contributed by atoms with E-state index in [1.54, 1.807) is 18.2 Å². The van der Waals surface area contributed by atoms with Gasteiger partial charge in [-0.05, 0) is 24.6 Å². The van der Waals surface area contributed by atoms with E-state index >= 15 is 0 Å². The van der Waals surface area contributed by atoms with Crippen molar-refractivity contribution in [3.05, 3.63) is 42.0 Å². The Morgan fingerprint density at radius 2 is 2.06 bits per heavy atom. The minimum Gasteiger partial charge on any atom is -0.275 e. The molecule has 1 fully saturated rings. The first kappa shape index (κ1) is 10.6. The Morgan fingerprint density at radius 1 is 1.44 bits per heavy atom. The molecule has 1 unspecified atom stereocenters. The Morgan fingerprint density at radius 3 is 2.50 bits per heavy atom. The smallest absolute Gasteiger partial charge is 0.260 e. The second-order valence-electron chi connectivity index (χ2n) is 3.95. The molecule has 1 saturated heterocycles. The number of amides is 2. The molecule has 0 spiro atoms. The Hall–Kier alpha value is -1.90. The summed E-state index contributed by atoms with van der Waals surface area (Å²) in [4.78, 5) is 24.5. The number of carbonyl (C=O) groups is 2. The number of rotatable bonds is 2. The molecule has 82 valence electrons. The van der Waals surface area contributed by atoms with Crippen LogP contribution >= 0.6 is 0 Å². The lowest BCUT2D eigenvalue weighted by Gasteiger charge is -2.36. The molecule has 3 nitrogen and oxygen atoms in total. The molecule has 16 heavy (non-hydrogen) atoms. The largest absolute Gasteiger partial charge is 0.275 e. The van der Waals surface area contributed by atoms with E-state index in [0.29, 0.717) is 12.0 Å². The molecule has 0 aliphatic carbocycles. The van der Waals surface area contributed by atoms with Crippen LogP contribution in [0.1, 0.15) is 29.3 Å². The maximum atomic E-state index is 11.9. The van der Waals surface area contributed by atoms with Gasteiger partial charge >= 0.3 is 0 Å². The molecule has 1 aliphatic heterocycles. The summed E-state index contributed by atoms with van der Waals surface area (Å²) in [7, 11) is 0. The van der Waals surface area contributed by atoms with Crippen LogP contribution in [0.4, 0.5) is 0 Å². The minimum absolute atomic E-state index is 0.0269. The lowest BCUT2D eigenvalue weighted by molar-refractivity contribution is -0.140. The van der Waals surface area contributed by atoms with E-state index in [2.05, 4.69) is 6.58 Å². The first-order valence-electron chi connectivity index (χ1n) is 5.22. The SMILES string of the molecule is C=Cc1ccc(C(=O)N2C(=O)CC2C)cc1. The van der Waals surface area contributed by atoms with Gasteiger partial charge in [-0.25, -0.2) is 0 Å². The third-order valence-electron chi connectivity index (χ3n) is 2.79. The zero-order chi connectivity index (χ0) is 11.7. The van der Waals surface area contributed by atoms with Gasteiger partial charge in [0.15, 0.2) is 0 Å². The second kappa shape index (κ2) is 3.93. The molecular formula is C13H13NO2. The van der Waals surface area contributed by atoms with Crippen molar-refractivity contribution in [2.75, 3.05) is 0 Å². The number of hydrogen-bond donors (Lipinski definition) is 0. The number of carbonyl (C=O) groups excluding carboxylic acids is 2. The molecule has 2 amide bonds. The highest BCUT2D eigenvalue weighted by Gasteiger charge is 2.37. The van der Waals surface area contributed by atoms with Gasteiger partial charge in [-0.15, -0.1) is 0 Å². The van der Waals surface area contributed by atoms with Crippen LogP contribution in [0.15, 0.2) is 30.8 Å². The number of β-lactam (4-membered cyclic amide) rings is 1. The first-order chi connectivity index (χ1) is 7.63. The van der Waals surface area contributed by atoms with Crippen molar-refractivity contribution in [1.29, 1.82) is 0 Å². The minimum atomic E-state index is -0.209. The summed E-state index contributed by atoms with van der Waals surface area (Å²) in [6.45, 7) is 5.51. The number of hydrogen-bond acceptors (Lipinski definition) is 2. The van der Waals surface area contributed by atoms with Crippen molar-refractivity contribution < 1.29 is 9.59 Å². The molecule has 1 atom stereocenters. The van der Waals surface area contributed by atoms with Crippen LogP contribution in [0.3, 0.4) is 0 Å². The number of benzene rings is 1. The zero-order valence-corrected chi connectivity index (χ0v) is 9.14. The van der Waals surface area contributed by atoms with E-state index in [-0.39, 0.29) is 17.9 Å². The molecule has 3 heteroatoms. The highest BCUT2D eigenvalue weighted by molar-refractivity contribution is 6.08. The highest BCUT2D eigenvalue weighted by Crippen LogP contribution is 2.21. The van der Waals surface area contributed by atoms with Gasteiger partial charge in [-0.1, -0.05) is 24.8 Å². The number of nitrogens with zero attached hydrogens (tertiary/aromatic N) is 1. The fraction of sp³-hybridized carbons (Fsp3) is 0.231. The predicted molar refractivity (Wildman–Crippen MR) is 61.8 cm³/mol. The van der Waals surface area contributed by atoms with Gasteiger partial charge in [0, 0.05) is 18.0 Å². The molecule has 0 saturated carbocycles. The van der Waals surface area contributed by atoms with Crippen molar-refractivity contribution in [2.45, 2.75) is 19.4 Å². The van der Waals surface area contributed by atoms with Gasteiger partial charge in [0.2, 0.25) is 5.91 Å². The van der Waals surface area contributed by atoms with Gasteiger partial charge in [-0.2, -0.15) is 0 Å². The van der Waals surface area contributed by atoms with E-state index in [0.717, 1.165) is 5.56 Å².